The van der Waals surface area contributed by atoms with Gasteiger partial charge in [0, 0.05) is 18.3 Å². The van der Waals surface area contributed by atoms with Crippen LogP contribution in [0.25, 0.3) is 10.9 Å². The Bertz CT molecular complexity index is 463. The van der Waals surface area contributed by atoms with Gasteiger partial charge in [0.1, 0.15) is 0 Å². The van der Waals surface area contributed by atoms with Crippen LogP contribution in [-0.4, -0.2) is 4.57 Å². The van der Waals surface area contributed by atoms with Crippen LogP contribution in [0.4, 0.5) is 0 Å². The lowest BCUT2D eigenvalue weighted by Crippen LogP contribution is -2.07. The minimum Gasteiger partial charge on any atom is -0.347 e. The first-order chi connectivity index (χ1) is 7.74. The van der Waals surface area contributed by atoms with Gasteiger partial charge in [0.15, 0.2) is 0 Å². The molecule has 2 rings (SSSR count). The summed E-state index contributed by atoms with van der Waals surface area (Å²) in [6.45, 7) is 7.88. The second kappa shape index (κ2) is 4.73. The molecule has 16 heavy (non-hydrogen) atoms. The van der Waals surface area contributed by atoms with Crippen molar-refractivity contribution < 1.29 is 0 Å². The Kier molecular flexibility index (Phi) is 3.33. The third-order valence-electron chi connectivity index (χ3n) is 3.54. The molecule has 0 bridgehead atoms. The number of aromatic nitrogens is 1. The third kappa shape index (κ3) is 2.13. The van der Waals surface area contributed by atoms with Gasteiger partial charge in [-0.3, -0.25) is 0 Å². The molecule has 0 fully saturated rings. The van der Waals surface area contributed by atoms with Crippen LogP contribution >= 0.6 is 0 Å². The zero-order chi connectivity index (χ0) is 11.5. The highest BCUT2D eigenvalue weighted by Crippen LogP contribution is 2.20. The lowest BCUT2D eigenvalue weighted by atomic mass is 10.0. The first kappa shape index (κ1) is 11.3. The average molecular weight is 215 g/mol. The van der Waals surface area contributed by atoms with Gasteiger partial charge in [0.25, 0.3) is 0 Å². The third-order valence-corrected chi connectivity index (χ3v) is 3.54. The van der Waals surface area contributed by atoms with E-state index in [0.29, 0.717) is 0 Å². The monoisotopic (exact) mass is 215 g/mol. The van der Waals surface area contributed by atoms with Gasteiger partial charge >= 0.3 is 0 Å². The van der Waals surface area contributed by atoms with Crippen molar-refractivity contribution in [2.45, 2.75) is 40.2 Å². The number of aryl methyl sites for hydroxylation is 1. The van der Waals surface area contributed by atoms with Gasteiger partial charge in [-0.25, -0.2) is 0 Å². The highest BCUT2D eigenvalue weighted by Gasteiger charge is 2.07. The molecule has 0 aliphatic carbocycles. The highest BCUT2D eigenvalue weighted by molar-refractivity contribution is 5.80. The molecule has 0 unspecified atom stereocenters. The molecular formula is C15H21N. The van der Waals surface area contributed by atoms with Gasteiger partial charge in [-0.05, 0) is 35.9 Å². The summed E-state index contributed by atoms with van der Waals surface area (Å²) < 4.78 is 2.40. The van der Waals surface area contributed by atoms with Crippen molar-refractivity contribution in [3.05, 3.63) is 36.0 Å². The smallest absolute Gasteiger partial charge is 0.0483 e. The standard InChI is InChI=1S/C15H21N/c1-4-13(5-2)11-16-9-8-14-7-6-12(3)10-15(14)16/h6-10,13H,4-5,11H2,1-3H3. The van der Waals surface area contributed by atoms with E-state index in [9.17, 15) is 0 Å². The largest absolute Gasteiger partial charge is 0.347 e. The van der Waals surface area contributed by atoms with E-state index < -0.39 is 0 Å². The first-order valence-corrected chi connectivity index (χ1v) is 6.30. The van der Waals surface area contributed by atoms with Crippen LogP contribution in [0.1, 0.15) is 32.3 Å². The molecule has 0 aliphatic heterocycles. The van der Waals surface area contributed by atoms with Crippen molar-refractivity contribution in [2.24, 2.45) is 5.92 Å². The predicted molar refractivity (Wildman–Crippen MR) is 70.7 cm³/mol. The fourth-order valence-corrected chi connectivity index (χ4v) is 2.28. The summed E-state index contributed by atoms with van der Waals surface area (Å²) in [4.78, 5) is 0. The second-order valence-electron chi connectivity index (χ2n) is 4.71. The van der Waals surface area contributed by atoms with Crippen molar-refractivity contribution in [1.29, 1.82) is 0 Å². The lowest BCUT2D eigenvalue weighted by Gasteiger charge is -2.14. The van der Waals surface area contributed by atoms with Gasteiger partial charge in [0.2, 0.25) is 0 Å². The molecule has 0 saturated carbocycles. The van der Waals surface area contributed by atoms with Crippen LogP contribution in [0.5, 0.6) is 0 Å². The van der Waals surface area contributed by atoms with Gasteiger partial charge in [0.05, 0.1) is 0 Å². The number of nitrogens with zero attached hydrogens (tertiary/aromatic N) is 1. The summed E-state index contributed by atoms with van der Waals surface area (Å²) in [5.74, 6) is 0.802. The SMILES string of the molecule is CCC(CC)Cn1ccc2ccc(C)cc21. The summed E-state index contributed by atoms with van der Waals surface area (Å²) in [6, 6.07) is 8.91. The zero-order valence-corrected chi connectivity index (χ0v) is 10.5. The maximum atomic E-state index is 2.40. The molecule has 0 saturated heterocycles. The molecule has 0 aliphatic rings. The molecule has 1 nitrogen and oxygen atoms in total. The molecule has 1 aromatic carbocycles. The quantitative estimate of drug-likeness (QED) is 0.713. The summed E-state index contributed by atoms with van der Waals surface area (Å²) in [5.41, 5.74) is 2.73. The predicted octanol–water partition coefficient (Wildman–Crippen LogP) is 4.39. The zero-order valence-electron chi connectivity index (χ0n) is 10.5. The molecule has 1 heterocycles. The number of rotatable bonds is 4. The van der Waals surface area contributed by atoms with Gasteiger partial charge in [-0.15, -0.1) is 0 Å². The highest BCUT2D eigenvalue weighted by atomic mass is 15.0. The normalized spacial score (nSPS) is 11.5. The molecule has 86 valence electrons. The Morgan fingerprint density at radius 2 is 1.88 bits per heavy atom. The van der Waals surface area contributed by atoms with Gasteiger partial charge in [-0.2, -0.15) is 0 Å². The maximum absolute atomic E-state index is 2.40. The first-order valence-electron chi connectivity index (χ1n) is 6.30. The van der Waals surface area contributed by atoms with Crippen LogP contribution in [-0.2, 0) is 6.54 Å². The Balaban J connectivity index is 2.33. The van der Waals surface area contributed by atoms with E-state index in [2.05, 4.69) is 55.8 Å². The molecule has 1 aromatic heterocycles. The molecule has 0 radical (unpaired) electrons. The van der Waals surface area contributed by atoms with E-state index in [0.717, 1.165) is 12.5 Å². The molecule has 0 atom stereocenters. The van der Waals surface area contributed by atoms with E-state index in [1.54, 1.807) is 0 Å². The van der Waals surface area contributed by atoms with Crippen LogP contribution in [0, 0.1) is 12.8 Å². The molecule has 1 heteroatoms. The van der Waals surface area contributed by atoms with E-state index in [4.69, 9.17) is 0 Å². The Morgan fingerprint density at radius 3 is 2.56 bits per heavy atom. The van der Waals surface area contributed by atoms with Crippen LogP contribution < -0.4 is 0 Å². The fraction of sp³-hybridized carbons (Fsp3) is 0.467. The van der Waals surface area contributed by atoms with Crippen molar-refractivity contribution in [2.75, 3.05) is 0 Å². The Morgan fingerprint density at radius 1 is 1.12 bits per heavy atom. The minimum absolute atomic E-state index is 0.802. The Labute approximate surface area is 98.1 Å². The number of hydrogen-bond donors (Lipinski definition) is 0. The number of fused-ring (bicyclic) bond motifs is 1. The summed E-state index contributed by atoms with van der Waals surface area (Å²) >= 11 is 0. The summed E-state index contributed by atoms with van der Waals surface area (Å²) in [5, 5.41) is 1.36. The maximum Gasteiger partial charge on any atom is 0.0483 e. The summed E-state index contributed by atoms with van der Waals surface area (Å²) in [6.07, 6.45) is 4.76. The number of hydrogen-bond acceptors (Lipinski definition) is 0. The molecule has 0 amide bonds. The van der Waals surface area contributed by atoms with Gasteiger partial charge < -0.3 is 4.57 Å². The van der Waals surface area contributed by atoms with Crippen molar-refractivity contribution in [3.8, 4) is 0 Å². The van der Waals surface area contributed by atoms with E-state index in [-0.39, 0.29) is 0 Å². The number of benzene rings is 1. The lowest BCUT2D eigenvalue weighted by molar-refractivity contribution is 0.425. The van der Waals surface area contributed by atoms with Gasteiger partial charge in [-0.1, -0.05) is 38.8 Å². The summed E-state index contributed by atoms with van der Waals surface area (Å²) in [7, 11) is 0. The Hall–Kier alpha value is -1.24. The van der Waals surface area contributed by atoms with Crippen LogP contribution in [0.15, 0.2) is 30.5 Å². The van der Waals surface area contributed by atoms with Crippen LogP contribution in [0.3, 0.4) is 0 Å². The van der Waals surface area contributed by atoms with Crippen LogP contribution in [0.2, 0.25) is 0 Å². The minimum atomic E-state index is 0.802. The second-order valence-corrected chi connectivity index (χ2v) is 4.71. The van der Waals surface area contributed by atoms with E-state index in [1.165, 1.54) is 29.3 Å². The average Bonchev–Trinajstić information content (AvgIpc) is 2.68. The molecular weight excluding hydrogens is 194 g/mol. The van der Waals surface area contributed by atoms with E-state index >= 15 is 0 Å². The molecule has 2 aromatic rings. The molecule has 0 N–H and O–H groups in total. The topological polar surface area (TPSA) is 4.93 Å². The molecule has 0 spiro atoms. The van der Waals surface area contributed by atoms with Crippen molar-refractivity contribution >= 4 is 10.9 Å². The van der Waals surface area contributed by atoms with E-state index in [1.807, 2.05) is 0 Å². The van der Waals surface area contributed by atoms with Crippen molar-refractivity contribution in [1.82, 2.24) is 4.57 Å². The van der Waals surface area contributed by atoms with Crippen molar-refractivity contribution in [3.63, 3.8) is 0 Å². The fourth-order valence-electron chi connectivity index (χ4n) is 2.28.